The number of hydrogen-bond donors (Lipinski definition) is 2. The fourth-order valence-electron chi connectivity index (χ4n) is 3.05. The lowest BCUT2D eigenvalue weighted by Crippen LogP contribution is -2.18. The fraction of sp³-hybridized carbons (Fsp3) is 0.500. The lowest BCUT2D eigenvalue weighted by molar-refractivity contribution is -0.121. The third-order valence-corrected chi connectivity index (χ3v) is 4.30. The Bertz CT molecular complexity index is 480. The van der Waals surface area contributed by atoms with Gasteiger partial charge in [0.15, 0.2) is 0 Å². The van der Waals surface area contributed by atoms with E-state index < -0.39 is 12.2 Å². The van der Waals surface area contributed by atoms with Crippen molar-refractivity contribution in [3.8, 4) is 0 Å². The smallest absolute Gasteiger partial charge is 0.139 e. The first-order valence-electron chi connectivity index (χ1n) is 7.73. The quantitative estimate of drug-likeness (QED) is 0.791. The molecule has 0 bridgehead atoms. The van der Waals surface area contributed by atoms with Crippen molar-refractivity contribution in [1.29, 1.82) is 0 Å². The van der Waals surface area contributed by atoms with Gasteiger partial charge in [-0.15, -0.1) is 0 Å². The predicted molar refractivity (Wildman–Crippen MR) is 82.8 cm³/mol. The monoisotopic (exact) mass is 288 g/mol. The molecule has 3 nitrogen and oxygen atoms in total. The summed E-state index contributed by atoms with van der Waals surface area (Å²) < 4.78 is 0. The summed E-state index contributed by atoms with van der Waals surface area (Å²) in [4.78, 5) is 11.7. The largest absolute Gasteiger partial charge is 0.392 e. The molecule has 1 aromatic carbocycles. The van der Waals surface area contributed by atoms with Crippen LogP contribution in [0, 0.1) is 11.8 Å². The SMILES string of the molecule is CC[C@H]1C(=O)C[C@@H](O)[C@@H]1C=C[C@@H](O)CCc1ccccc1. The molecule has 3 heteroatoms. The minimum atomic E-state index is -0.597. The Labute approximate surface area is 126 Å². The van der Waals surface area contributed by atoms with Crippen LogP contribution >= 0.6 is 0 Å². The number of carbonyl (C=O) groups excluding carboxylic acids is 1. The van der Waals surface area contributed by atoms with Crippen LogP contribution in [0.4, 0.5) is 0 Å². The highest BCUT2D eigenvalue weighted by Gasteiger charge is 2.38. The number of carbonyl (C=O) groups is 1. The van der Waals surface area contributed by atoms with Gasteiger partial charge in [0.05, 0.1) is 12.2 Å². The van der Waals surface area contributed by atoms with Crippen molar-refractivity contribution in [1.82, 2.24) is 0 Å². The standard InChI is InChI=1S/C18H24O3/c1-2-15-16(18(21)12-17(15)20)11-10-14(19)9-8-13-6-4-3-5-7-13/h3-7,10-11,14-16,18-19,21H,2,8-9,12H2,1H3/t14-,15+,16+,18+/m0/s1. The Morgan fingerprint density at radius 1 is 1.33 bits per heavy atom. The van der Waals surface area contributed by atoms with Crippen LogP contribution in [0.2, 0.25) is 0 Å². The van der Waals surface area contributed by atoms with E-state index in [0.29, 0.717) is 6.42 Å². The second-order valence-electron chi connectivity index (χ2n) is 5.81. The average molecular weight is 288 g/mol. The summed E-state index contributed by atoms with van der Waals surface area (Å²) in [7, 11) is 0. The number of rotatable bonds is 6. The highest BCUT2D eigenvalue weighted by molar-refractivity contribution is 5.84. The number of ketones is 1. The summed E-state index contributed by atoms with van der Waals surface area (Å²) in [6, 6.07) is 10.0. The van der Waals surface area contributed by atoms with Gasteiger partial charge < -0.3 is 10.2 Å². The van der Waals surface area contributed by atoms with E-state index in [1.807, 2.05) is 43.3 Å². The van der Waals surface area contributed by atoms with Gasteiger partial charge in [0.2, 0.25) is 0 Å². The van der Waals surface area contributed by atoms with Crippen molar-refractivity contribution < 1.29 is 15.0 Å². The number of benzene rings is 1. The second-order valence-corrected chi connectivity index (χ2v) is 5.81. The molecule has 1 saturated carbocycles. The first-order valence-corrected chi connectivity index (χ1v) is 7.73. The first-order chi connectivity index (χ1) is 10.1. The van der Waals surface area contributed by atoms with E-state index in [0.717, 1.165) is 12.8 Å². The van der Waals surface area contributed by atoms with Crippen LogP contribution in [0.25, 0.3) is 0 Å². The summed E-state index contributed by atoms with van der Waals surface area (Å²) in [5.41, 5.74) is 1.20. The van der Waals surface area contributed by atoms with E-state index in [9.17, 15) is 15.0 Å². The van der Waals surface area contributed by atoms with E-state index in [-0.39, 0.29) is 24.0 Å². The maximum absolute atomic E-state index is 11.7. The minimum Gasteiger partial charge on any atom is -0.392 e. The van der Waals surface area contributed by atoms with Gasteiger partial charge >= 0.3 is 0 Å². The Morgan fingerprint density at radius 2 is 2.05 bits per heavy atom. The molecular formula is C18H24O3. The van der Waals surface area contributed by atoms with Crippen LogP contribution in [-0.2, 0) is 11.2 Å². The summed E-state index contributed by atoms with van der Waals surface area (Å²) in [6.07, 6.45) is 4.88. The molecule has 1 aliphatic rings. The molecule has 1 aliphatic carbocycles. The third kappa shape index (κ3) is 4.26. The number of aryl methyl sites for hydroxylation is 1. The van der Waals surface area contributed by atoms with Crippen molar-refractivity contribution in [3.05, 3.63) is 48.0 Å². The van der Waals surface area contributed by atoms with Crippen molar-refractivity contribution in [2.75, 3.05) is 0 Å². The predicted octanol–water partition coefficient (Wildman–Crippen LogP) is 2.51. The molecule has 2 rings (SSSR count). The summed E-state index contributed by atoms with van der Waals surface area (Å²) >= 11 is 0. The Morgan fingerprint density at radius 3 is 2.71 bits per heavy atom. The van der Waals surface area contributed by atoms with Crippen molar-refractivity contribution in [3.63, 3.8) is 0 Å². The first kappa shape index (κ1) is 15.9. The highest BCUT2D eigenvalue weighted by Crippen LogP contribution is 2.32. The van der Waals surface area contributed by atoms with Crippen LogP contribution < -0.4 is 0 Å². The molecule has 0 aromatic heterocycles. The normalized spacial score (nSPS) is 27.4. The summed E-state index contributed by atoms with van der Waals surface area (Å²) in [5.74, 6) is -0.107. The van der Waals surface area contributed by atoms with E-state index in [1.54, 1.807) is 6.08 Å². The molecule has 21 heavy (non-hydrogen) atoms. The Balaban J connectivity index is 1.86. The molecule has 0 heterocycles. The van der Waals surface area contributed by atoms with Crippen LogP contribution in [0.15, 0.2) is 42.5 Å². The van der Waals surface area contributed by atoms with Crippen LogP contribution in [0.1, 0.15) is 31.7 Å². The van der Waals surface area contributed by atoms with E-state index >= 15 is 0 Å². The molecule has 1 fully saturated rings. The van der Waals surface area contributed by atoms with Gasteiger partial charge in [-0.3, -0.25) is 4.79 Å². The van der Waals surface area contributed by atoms with Gasteiger partial charge in [-0.25, -0.2) is 0 Å². The molecule has 0 radical (unpaired) electrons. The topological polar surface area (TPSA) is 57.5 Å². The van der Waals surface area contributed by atoms with E-state index in [1.165, 1.54) is 5.56 Å². The summed E-state index contributed by atoms with van der Waals surface area (Å²) in [6.45, 7) is 1.97. The third-order valence-electron chi connectivity index (χ3n) is 4.30. The van der Waals surface area contributed by atoms with Crippen LogP contribution in [0.5, 0.6) is 0 Å². The number of hydrogen-bond acceptors (Lipinski definition) is 3. The molecule has 0 spiro atoms. The minimum absolute atomic E-state index is 0.0995. The van der Waals surface area contributed by atoms with E-state index in [2.05, 4.69) is 0 Å². The van der Waals surface area contributed by atoms with Crippen LogP contribution in [0.3, 0.4) is 0 Å². The lowest BCUT2D eigenvalue weighted by Gasteiger charge is -2.16. The van der Waals surface area contributed by atoms with Gasteiger partial charge in [0.25, 0.3) is 0 Å². The molecule has 0 aliphatic heterocycles. The Hall–Kier alpha value is -1.45. The fourth-order valence-corrected chi connectivity index (χ4v) is 3.05. The zero-order valence-corrected chi connectivity index (χ0v) is 12.5. The van der Waals surface area contributed by atoms with Crippen molar-refractivity contribution >= 4 is 5.78 Å². The highest BCUT2D eigenvalue weighted by atomic mass is 16.3. The zero-order valence-electron chi connectivity index (χ0n) is 12.5. The number of aliphatic hydroxyl groups is 2. The van der Waals surface area contributed by atoms with E-state index in [4.69, 9.17) is 0 Å². The van der Waals surface area contributed by atoms with Gasteiger partial charge in [-0.1, -0.05) is 49.4 Å². The molecule has 0 saturated heterocycles. The molecule has 0 amide bonds. The maximum atomic E-state index is 11.7. The zero-order chi connectivity index (χ0) is 15.2. The molecule has 2 N–H and O–H groups in total. The van der Waals surface area contributed by atoms with Gasteiger partial charge in [-0.05, 0) is 24.8 Å². The molecular weight excluding hydrogens is 264 g/mol. The maximum Gasteiger partial charge on any atom is 0.139 e. The van der Waals surface area contributed by atoms with Crippen LogP contribution in [-0.4, -0.2) is 28.2 Å². The number of aliphatic hydroxyl groups excluding tert-OH is 2. The van der Waals surface area contributed by atoms with Crippen molar-refractivity contribution in [2.24, 2.45) is 11.8 Å². The molecule has 114 valence electrons. The molecule has 0 unspecified atom stereocenters. The lowest BCUT2D eigenvalue weighted by atomic mass is 9.91. The second kappa shape index (κ2) is 7.53. The van der Waals surface area contributed by atoms with Crippen molar-refractivity contribution in [2.45, 2.75) is 44.8 Å². The Kier molecular flexibility index (Phi) is 5.71. The van der Waals surface area contributed by atoms with Gasteiger partial charge in [-0.2, -0.15) is 0 Å². The molecule has 1 aromatic rings. The number of Topliss-reactive ketones (excluding diaryl/α,β-unsaturated/α-hetero) is 1. The summed E-state index contributed by atoms with van der Waals surface area (Å²) in [5, 5.41) is 20.0. The molecule has 4 atom stereocenters. The average Bonchev–Trinajstić information content (AvgIpc) is 2.77. The van der Waals surface area contributed by atoms with Gasteiger partial charge in [0.1, 0.15) is 5.78 Å². The van der Waals surface area contributed by atoms with Gasteiger partial charge in [0, 0.05) is 18.3 Å².